The van der Waals surface area contributed by atoms with Crippen LogP contribution in [0.1, 0.15) is 24.8 Å². The monoisotopic (exact) mass is 615 g/mol. The first-order chi connectivity index (χ1) is 21.7. The number of nitrogens with zero attached hydrogens (tertiary/aromatic N) is 3. The van der Waals surface area contributed by atoms with Crippen molar-refractivity contribution >= 4 is 40.2 Å². The third kappa shape index (κ3) is 8.01. The average molecular weight is 616 g/mol. The molecule has 0 saturated carbocycles. The number of amides is 4. The van der Waals surface area contributed by atoms with Gasteiger partial charge in [-0.05, 0) is 57.5 Å². The Kier molecular flexibility index (Phi) is 10.4. The molecule has 3 heterocycles. The molecule has 0 aliphatic carbocycles. The second-order valence-electron chi connectivity index (χ2n) is 11.9. The van der Waals surface area contributed by atoms with E-state index in [2.05, 4.69) is 26.3 Å². The van der Waals surface area contributed by atoms with Crippen molar-refractivity contribution in [1.82, 2.24) is 30.7 Å². The number of benzene rings is 2. The summed E-state index contributed by atoms with van der Waals surface area (Å²) in [4.78, 5) is 60.6. The van der Waals surface area contributed by atoms with Gasteiger partial charge in [-0.1, -0.05) is 48.5 Å². The normalized spacial score (nSPS) is 22.2. The van der Waals surface area contributed by atoms with Gasteiger partial charge in [-0.25, -0.2) is 0 Å². The van der Waals surface area contributed by atoms with Crippen molar-refractivity contribution in [3.05, 3.63) is 72.4 Å². The van der Waals surface area contributed by atoms with Crippen molar-refractivity contribution in [2.24, 2.45) is 0 Å². The lowest BCUT2D eigenvalue weighted by atomic mass is 10.1. The largest absolute Gasteiger partial charge is 0.383 e. The van der Waals surface area contributed by atoms with E-state index < -0.39 is 30.1 Å². The van der Waals surface area contributed by atoms with Crippen molar-refractivity contribution in [2.75, 3.05) is 39.0 Å². The summed E-state index contributed by atoms with van der Waals surface area (Å²) < 4.78 is 0. The highest BCUT2D eigenvalue weighted by Gasteiger charge is 2.45. The lowest BCUT2D eigenvalue weighted by Gasteiger charge is -2.29. The van der Waals surface area contributed by atoms with Crippen molar-refractivity contribution < 1.29 is 24.3 Å². The van der Waals surface area contributed by atoms with Crippen LogP contribution in [-0.2, 0) is 25.6 Å². The molecule has 2 aliphatic rings. The Balaban J connectivity index is 1.28. The fourth-order valence-corrected chi connectivity index (χ4v) is 6.20. The van der Waals surface area contributed by atoms with Crippen LogP contribution in [0.2, 0.25) is 0 Å². The number of aliphatic hydroxyl groups is 1. The predicted molar refractivity (Wildman–Crippen MR) is 170 cm³/mol. The molecule has 0 spiro atoms. The molecule has 12 heteroatoms. The van der Waals surface area contributed by atoms with Crippen LogP contribution in [0, 0.1) is 0 Å². The summed E-state index contributed by atoms with van der Waals surface area (Å²) in [6, 6.07) is 16.8. The van der Waals surface area contributed by atoms with Gasteiger partial charge >= 0.3 is 0 Å². The number of nitrogens with one attached hydrogen (secondary N) is 4. The zero-order chi connectivity index (χ0) is 31.9. The lowest BCUT2D eigenvalue weighted by Crippen LogP contribution is -2.50. The van der Waals surface area contributed by atoms with Gasteiger partial charge in [0, 0.05) is 30.6 Å². The molecule has 5 rings (SSSR count). The van der Waals surface area contributed by atoms with Crippen LogP contribution in [0.15, 0.2) is 66.9 Å². The highest BCUT2D eigenvalue weighted by atomic mass is 16.3. The number of aryl methyl sites for hydroxylation is 1. The number of para-hydroxylation sites is 1. The Morgan fingerprint density at radius 1 is 0.956 bits per heavy atom. The van der Waals surface area contributed by atoms with E-state index in [9.17, 15) is 24.3 Å². The van der Waals surface area contributed by atoms with Crippen LogP contribution in [0.3, 0.4) is 0 Å². The second-order valence-corrected chi connectivity index (χ2v) is 11.9. The Hall–Kier alpha value is -4.39. The van der Waals surface area contributed by atoms with Crippen LogP contribution in [0.25, 0.3) is 10.9 Å². The van der Waals surface area contributed by atoms with Gasteiger partial charge in [-0.3, -0.25) is 29.1 Å². The van der Waals surface area contributed by atoms with Gasteiger partial charge < -0.3 is 31.3 Å². The summed E-state index contributed by atoms with van der Waals surface area (Å²) >= 11 is 0. The van der Waals surface area contributed by atoms with Gasteiger partial charge in [-0.2, -0.15) is 0 Å². The number of rotatable bonds is 11. The highest BCUT2D eigenvalue weighted by Crippen LogP contribution is 2.26. The van der Waals surface area contributed by atoms with Crippen LogP contribution >= 0.6 is 0 Å². The number of carbonyl (C=O) groups excluding carboxylic acids is 4. The number of likely N-dealkylation sites (tertiary alicyclic amines) is 2. The van der Waals surface area contributed by atoms with Gasteiger partial charge in [0.25, 0.3) is 0 Å². The molecule has 2 saturated heterocycles. The van der Waals surface area contributed by atoms with E-state index in [0.717, 1.165) is 16.5 Å². The van der Waals surface area contributed by atoms with E-state index in [4.69, 9.17) is 0 Å². The minimum Gasteiger partial charge on any atom is -0.383 e. The first-order valence-corrected chi connectivity index (χ1v) is 15.3. The summed E-state index contributed by atoms with van der Waals surface area (Å²) in [7, 11) is 3.51. The number of hydrogen-bond acceptors (Lipinski definition) is 8. The number of aromatic nitrogens is 1. The molecule has 238 valence electrons. The maximum atomic E-state index is 14.0. The number of fused-ring (bicyclic) bond motifs is 1. The standard InChI is InChI=1S/C33H41N7O5/c1-34-18-30(42)36-24-16-28(39(2)19-24)33(45)40-20-25(38-32(44)29(41)13-12-21-8-4-3-5-9-21)15-27(40)31(43)37-23-14-22-10-6-7-11-26(22)35-17-23/h3-11,14,17,24-25,27-29,34,41H,12-13,15-16,18-20H2,1-2H3,(H,36,42)(H,37,43)(H,38,44)/t24-,25-,27+,28+,29-/m1/s1. The quantitative estimate of drug-likeness (QED) is 0.211. The lowest BCUT2D eigenvalue weighted by molar-refractivity contribution is -0.140. The summed E-state index contributed by atoms with van der Waals surface area (Å²) in [5.74, 6) is -1.32. The molecule has 3 aromatic rings. The molecule has 5 N–H and O–H groups in total. The van der Waals surface area contributed by atoms with Crippen molar-refractivity contribution in [3.8, 4) is 0 Å². The number of pyridine rings is 1. The molecule has 0 bridgehead atoms. The van der Waals surface area contributed by atoms with E-state index in [0.29, 0.717) is 25.1 Å². The molecule has 4 amide bonds. The van der Waals surface area contributed by atoms with Crippen molar-refractivity contribution in [2.45, 2.75) is 56.0 Å². The number of hydrogen-bond donors (Lipinski definition) is 5. The zero-order valence-corrected chi connectivity index (χ0v) is 25.6. The fraction of sp³-hybridized carbons (Fsp3) is 0.424. The maximum absolute atomic E-state index is 14.0. The van der Waals surface area contributed by atoms with E-state index in [1.807, 2.05) is 72.6 Å². The molecule has 12 nitrogen and oxygen atoms in total. The Morgan fingerprint density at radius 2 is 1.67 bits per heavy atom. The fourth-order valence-electron chi connectivity index (χ4n) is 6.20. The topological polar surface area (TPSA) is 156 Å². The number of anilines is 1. The molecule has 2 aliphatic heterocycles. The maximum Gasteiger partial charge on any atom is 0.249 e. The van der Waals surface area contributed by atoms with E-state index in [-0.39, 0.29) is 49.7 Å². The second kappa shape index (κ2) is 14.6. The van der Waals surface area contributed by atoms with Crippen molar-refractivity contribution in [3.63, 3.8) is 0 Å². The van der Waals surface area contributed by atoms with Crippen molar-refractivity contribution in [1.29, 1.82) is 0 Å². The number of likely N-dealkylation sites (N-methyl/N-ethyl adjacent to an activating group) is 2. The van der Waals surface area contributed by atoms with Crippen LogP contribution in [0.5, 0.6) is 0 Å². The third-order valence-electron chi connectivity index (χ3n) is 8.48. The molecule has 45 heavy (non-hydrogen) atoms. The van der Waals surface area contributed by atoms with E-state index in [1.54, 1.807) is 13.2 Å². The van der Waals surface area contributed by atoms with Gasteiger partial charge in [-0.15, -0.1) is 0 Å². The first-order valence-electron chi connectivity index (χ1n) is 15.3. The summed E-state index contributed by atoms with van der Waals surface area (Å²) in [5.41, 5.74) is 2.31. The molecule has 1 aromatic heterocycles. The van der Waals surface area contributed by atoms with Crippen LogP contribution < -0.4 is 21.3 Å². The third-order valence-corrected chi connectivity index (χ3v) is 8.48. The zero-order valence-electron chi connectivity index (χ0n) is 25.6. The summed E-state index contributed by atoms with van der Waals surface area (Å²) in [5, 5.41) is 23.0. The average Bonchev–Trinajstić information content (AvgIpc) is 3.63. The molecular weight excluding hydrogens is 574 g/mol. The summed E-state index contributed by atoms with van der Waals surface area (Å²) in [6.07, 6.45) is 1.72. The minimum absolute atomic E-state index is 0.116. The molecule has 5 atom stereocenters. The first kappa shape index (κ1) is 32.0. The Morgan fingerprint density at radius 3 is 2.44 bits per heavy atom. The SMILES string of the molecule is CNCC(=O)N[C@@H]1C[C@@H](C(=O)N2C[C@H](NC(=O)[C@H](O)CCc3ccccc3)C[C@H]2C(=O)Nc2cnc3ccccc3c2)N(C)C1. The Bertz CT molecular complexity index is 1520. The van der Waals surface area contributed by atoms with E-state index >= 15 is 0 Å². The summed E-state index contributed by atoms with van der Waals surface area (Å²) in [6.45, 7) is 0.785. The Labute approximate surface area is 262 Å². The van der Waals surface area contributed by atoms with Gasteiger partial charge in [0.05, 0.1) is 30.0 Å². The van der Waals surface area contributed by atoms with Gasteiger partial charge in [0.2, 0.25) is 23.6 Å². The molecule has 2 aromatic carbocycles. The molecule has 2 fully saturated rings. The molecular formula is C33H41N7O5. The number of carbonyl (C=O) groups is 4. The van der Waals surface area contributed by atoms with E-state index in [1.165, 1.54) is 4.90 Å². The number of aliphatic hydroxyl groups excluding tert-OH is 1. The van der Waals surface area contributed by atoms with Gasteiger partial charge in [0.15, 0.2) is 0 Å². The van der Waals surface area contributed by atoms with Crippen LogP contribution in [0.4, 0.5) is 5.69 Å². The van der Waals surface area contributed by atoms with Crippen LogP contribution in [-0.4, -0.2) is 108 Å². The highest BCUT2D eigenvalue weighted by molar-refractivity contribution is 5.99. The smallest absolute Gasteiger partial charge is 0.249 e. The predicted octanol–water partition coefficient (Wildman–Crippen LogP) is 0.661. The van der Waals surface area contributed by atoms with Gasteiger partial charge in [0.1, 0.15) is 12.1 Å². The minimum atomic E-state index is -1.23. The molecule has 0 radical (unpaired) electrons. The molecule has 0 unspecified atom stereocenters.